The highest BCUT2D eigenvalue weighted by molar-refractivity contribution is 14.0. The number of hydrogen-bond acceptors (Lipinski definition) is 5. The summed E-state index contributed by atoms with van der Waals surface area (Å²) < 4.78 is 16.3. The Bertz CT molecular complexity index is 870. The molecule has 0 amide bonds. The number of guanidine groups is 1. The Balaban J connectivity index is 0.00000385. The fourth-order valence-electron chi connectivity index (χ4n) is 4.11. The van der Waals surface area contributed by atoms with Gasteiger partial charge in [0.25, 0.3) is 0 Å². The largest absolute Gasteiger partial charge is 0.497 e. The zero-order valence-electron chi connectivity index (χ0n) is 20.1. The Morgan fingerprint density at radius 1 is 0.970 bits per heavy atom. The second-order valence-electron chi connectivity index (χ2n) is 7.76. The number of nitrogens with one attached hydrogen (secondary N) is 2. The molecule has 0 saturated carbocycles. The van der Waals surface area contributed by atoms with E-state index in [-0.39, 0.29) is 30.0 Å². The molecule has 0 aliphatic carbocycles. The molecule has 2 aromatic rings. The molecule has 0 spiro atoms. The number of ether oxygens (including phenoxy) is 3. The van der Waals surface area contributed by atoms with Crippen molar-refractivity contribution in [3.8, 4) is 17.2 Å². The Labute approximate surface area is 214 Å². The molecule has 8 heteroatoms. The monoisotopic (exact) mass is 568 g/mol. The molecule has 1 aliphatic heterocycles. The van der Waals surface area contributed by atoms with Crippen LogP contribution in [0.2, 0.25) is 0 Å². The van der Waals surface area contributed by atoms with Gasteiger partial charge >= 0.3 is 0 Å². The van der Waals surface area contributed by atoms with Crippen molar-refractivity contribution in [2.45, 2.75) is 32.4 Å². The zero-order chi connectivity index (χ0) is 22.8. The molecule has 2 N–H and O–H groups in total. The van der Waals surface area contributed by atoms with E-state index in [2.05, 4.69) is 34.6 Å². The van der Waals surface area contributed by atoms with Crippen LogP contribution in [-0.4, -0.2) is 58.4 Å². The molecule has 1 saturated heterocycles. The second kappa shape index (κ2) is 14.1. The van der Waals surface area contributed by atoms with Crippen molar-refractivity contribution in [2.75, 3.05) is 47.5 Å². The Morgan fingerprint density at radius 3 is 2.30 bits per heavy atom. The molecule has 33 heavy (non-hydrogen) atoms. The van der Waals surface area contributed by atoms with Crippen LogP contribution in [0, 0.1) is 0 Å². The van der Waals surface area contributed by atoms with Crippen LogP contribution in [0.5, 0.6) is 17.2 Å². The Kier molecular flexibility index (Phi) is 11.6. The number of nitrogens with zero attached hydrogens (tertiary/aromatic N) is 2. The summed E-state index contributed by atoms with van der Waals surface area (Å²) in [5.41, 5.74) is 2.26. The smallest absolute Gasteiger partial charge is 0.191 e. The number of methoxy groups -OCH3 is 3. The van der Waals surface area contributed by atoms with E-state index in [1.807, 2.05) is 30.3 Å². The third kappa shape index (κ3) is 7.40. The molecular formula is C25H37IN4O3. The van der Waals surface area contributed by atoms with Crippen LogP contribution in [0.15, 0.2) is 47.5 Å². The van der Waals surface area contributed by atoms with Gasteiger partial charge in [0, 0.05) is 18.7 Å². The minimum atomic E-state index is 0. The number of likely N-dealkylation sites (tertiary alicyclic amines) is 1. The van der Waals surface area contributed by atoms with Gasteiger partial charge in [-0.15, -0.1) is 24.0 Å². The number of para-hydroxylation sites is 1. The quantitative estimate of drug-likeness (QED) is 0.254. The van der Waals surface area contributed by atoms with Gasteiger partial charge in [-0.05, 0) is 56.6 Å². The first-order valence-electron chi connectivity index (χ1n) is 11.3. The van der Waals surface area contributed by atoms with Gasteiger partial charge in [0.05, 0.1) is 33.9 Å². The molecule has 1 atom stereocenters. The lowest BCUT2D eigenvalue weighted by Crippen LogP contribution is -2.42. The Morgan fingerprint density at radius 2 is 1.70 bits per heavy atom. The molecule has 0 radical (unpaired) electrons. The van der Waals surface area contributed by atoms with E-state index in [0.29, 0.717) is 12.3 Å². The van der Waals surface area contributed by atoms with Gasteiger partial charge in [0.15, 0.2) is 17.5 Å². The maximum atomic E-state index is 5.55. The van der Waals surface area contributed by atoms with Crippen molar-refractivity contribution in [3.63, 3.8) is 0 Å². The zero-order valence-corrected chi connectivity index (χ0v) is 22.4. The molecule has 1 heterocycles. The van der Waals surface area contributed by atoms with Crippen molar-refractivity contribution < 1.29 is 14.2 Å². The van der Waals surface area contributed by atoms with E-state index < -0.39 is 0 Å². The maximum absolute atomic E-state index is 5.55. The fourth-order valence-corrected chi connectivity index (χ4v) is 4.11. The summed E-state index contributed by atoms with van der Waals surface area (Å²) >= 11 is 0. The van der Waals surface area contributed by atoms with Gasteiger partial charge in [-0.3, -0.25) is 4.90 Å². The van der Waals surface area contributed by atoms with Crippen molar-refractivity contribution in [1.29, 1.82) is 0 Å². The van der Waals surface area contributed by atoms with Gasteiger partial charge in [-0.2, -0.15) is 0 Å². The summed E-state index contributed by atoms with van der Waals surface area (Å²) in [5, 5.41) is 6.92. The highest BCUT2D eigenvalue weighted by atomic mass is 127. The average molecular weight is 569 g/mol. The fraction of sp³-hybridized carbons (Fsp3) is 0.480. The van der Waals surface area contributed by atoms with Gasteiger partial charge in [-0.25, -0.2) is 4.99 Å². The summed E-state index contributed by atoms with van der Waals surface area (Å²) in [5.74, 6) is 3.11. The van der Waals surface area contributed by atoms with E-state index in [0.717, 1.165) is 49.2 Å². The number of hydrogen-bond donors (Lipinski definition) is 2. The standard InChI is InChI=1S/C25H36N4O3.HI/c1-5-26-25(27-17-20-9-8-10-23(31-3)24(20)32-4)28-18-22(29-15-6-7-16-29)19-11-13-21(30-2)14-12-19;/h8-14,22H,5-7,15-18H2,1-4H3,(H2,26,27,28);1H. The van der Waals surface area contributed by atoms with Crippen LogP contribution < -0.4 is 24.8 Å². The summed E-state index contributed by atoms with van der Waals surface area (Å²) in [7, 11) is 5.00. The van der Waals surface area contributed by atoms with Crippen LogP contribution in [0.25, 0.3) is 0 Å². The van der Waals surface area contributed by atoms with Gasteiger partial charge in [0.1, 0.15) is 5.75 Å². The predicted molar refractivity (Wildman–Crippen MR) is 144 cm³/mol. The summed E-state index contributed by atoms with van der Waals surface area (Å²) in [6, 6.07) is 14.5. The summed E-state index contributed by atoms with van der Waals surface area (Å²) in [6.07, 6.45) is 2.49. The SMILES string of the molecule is CCNC(=NCc1cccc(OC)c1OC)NCC(c1ccc(OC)cc1)N1CCCC1.I. The number of halogens is 1. The topological polar surface area (TPSA) is 67.4 Å². The highest BCUT2D eigenvalue weighted by Gasteiger charge is 2.23. The van der Waals surface area contributed by atoms with E-state index >= 15 is 0 Å². The predicted octanol–water partition coefficient (Wildman–Crippen LogP) is 4.22. The minimum absolute atomic E-state index is 0. The van der Waals surface area contributed by atoms with Crippen molar-refractivity contribution in [3.05, 3.63) is 53.6 Å². The van der Waals surface area contributed by atoms with Gasteiger partial charge < -0.3 is 24.8 Å². The number of aliphatic imine (C=N–C) groups is 1. The first-order valence-corrected chi connectivity index (χ1v) is 11.3. The first-order chi connectivity index (χ1) is 15.7. The molecule has 1 unspecified atom stereocenters. The first kappa shape index (κ1) is 27.0. The lowest BCUT2D eigenvalue weighted by Gasteiger charge is -2.29. The third-order valence-corrected chi connectivity index (χ3v) is 5.78. The molecule has 182 valence electrons. The number of benzene rings is 2. The van der Waals surface area contributed by atoms with Crippen LogP contribution in [0.1, 0.15) is 36.9 Å². The number of rotatable bonds is 10. The molecule has 0 aromatic heterocycles. The normalized spacial score (nSPS) is 14.8. The molecule has 1 aliphatic rings. The third-order valence-electron chi connectivity index (χ3n) is 5.78. The lowest BCUT2D eigenvalue weighted by atomic mass is 10.1. The Hall–Kier alpha value is -2.20. The van der Waals surface area contributed by atoms with E-state index in [1.54, 1.807) is 21.3 Å². The molecule has 1 fully saturated rings. The van der Waals surface area contributed by atoms with Gasteiger partial charge in [0.2, 0.25) is 0 Å². The maximum Gasteiger partial charge on any atom is 0.191 e. The second-order valence-corrected chi connectivity index (χ2v) is 7.76. The van der Waals surface area contributed by atoms with E-state index in [9.17, 15) is 0 Å². The molecule has 7 nitrogen and oxygen atoms in total. The minimum Gasteiger partial charge on any atom is -0.497 e. The molecular weight excluding hydrogens is 531 g/mol. The van der Waals surface area contributed by atoms with Crippen molar-refractivity contribution in [1.82, 2.24) is 15.5 Å². The summed E-state index contributed by atoms with van der Waals surface area (Å²) in [4.78, 5) is 7.35. The lowest BCUT2D eigenvalue weighted by molar-refractivity contribution is 0.245. The molecule has 3 rings (SSSR count). The highest BCUT2D eigenvalue weighted by Crippen LogP contribution is 2.31. The van der Waals surface area contributed by atoms with E-state index in [1.165, 1.54) is 18.4 Å². The van der Waals surface area contributed by atoms with Crippen LogP contribution in [0.3, 0.4) is 0 Å². The van der Waals surface area contributed by atoms with Gasteiger partial charge in [-0.1, -0.05) is 24.3 Å². The van der Waals surface area contributed by atoms with Crippen LogP contribution in [0.4, 0.5) is 0 Å². The van der Waals surface area contributed by atoms with E-state index in [4.69, 9.17) is 19.2 Å². The summed E-state index contributed by atoms with van der Waals surface area (Å²) in [6.45, 7) is 6.36. The van der Waals surface area contributed by atoms with Crippen molar-refractivity contribution in [2.24, 2.45) is 4.99 Å². The van der Waals surface area contributed by atoms with Crippen LogP contribution >= 0.6 is 24.0 Å². The average Bonchev–Trinajstić information content (AvgIpc) is 3.37. The van der Waals surface area contributed by atoms with Crippen LogP contribution in [-0.2, 0) is 6.54 Å². The molecule has 0 bridgehead atoms. The van der Waals surface area contributed by atoms with Crippen molar-refractivity contribution >= 4 is 29.9 Å². The molecule has 2 aromatic carbocycles.